The quantitative estimate of drug-likeness (QED) is 0.741. The van der Waals surface area contributed by atoms with Crippen molar-refractivity contribution in [2.75, 3.05) is 13.2 Å². The lowest BCUT2D eigenvalue weighted by molar-refractivity contribution is -0.123. The second-order valence-electron chi connectivity index (χ2n) is 5.88. The van der Waals surface area contributed by atoms with Crippen LogP contribution in [-0.2, 0) is 4.79 Å². The van der Waals surface area contributed by atoms with Crippen molar-refractivity contribution < 1.29 is 9.53 Å². The molecule has 0 radical (unpaired) electrons. The van der Waals surface area contributed by atoms with E-state index in [0.717, 1.165) is 16.5 Å². The molecule has 0 aliphatic carbocycles. The normalized spacial score (nSPS) is 11.9. The third kappa shape index (κ3) is 3.93. The number of hydrogen-bond acceptors (Lipinski definition) is 2. The predicted molar refractivity (Wildman–Crippen MR) is 97.3 cm³/mol. The topological polar surface area (TPSA) is 38.3 Å². The number of rotatable bonds is 6. The van der Waals surface area contributed by atoms with Gasteiger partial charge in [-0.1, -0.05) is 73.7 Å². The molecule has 0 saturated heterocycles. The maximum atomic E-state index is 12.1. The lowest BCUT2D eigenvalue weighted by atomic mass is 10.0. The Hall–Kier alpha value is -2.81. The SMILES string of the molecule is C[C@@H](CNC(=O)COc1cccc2ccccc12)c1ccccc1. The molecule has 3 aromatic carbocycles. The fourth-order valence-electron chi connectivity index (χ4n) is 2.68. The molecule has 3 nitrogen and oxygen atoms in total. The first-order valence-electron chi connectivity index (χ1n) is 8.16. The van der Waals surface area contributed by atoms with Crippen molar-refractivity contribution in [1.29, 1.82) is 0 Å². The minimum atomic E-state index is -0.106. The van der Waals surface area contributed by atoms with Gasteiger partial charge in [-0.15, -0.1) is 0 Å². The Morgan fingerprint density at radius 2 is 1.67 bits per heavy atom. The summed E-state index contributed by atoms with van der Waals surface area (Å²) >= 11 is 0. The monoisotopic (exact) mass is 319 g/mol. The first-order valence-corrected chi connectivity index (χ1v) is 8.16. The van der Waals surface area contributed by atoms with E-state index in [4.69, 9.17) is 4.74 Å². The van der Waals surface area contributed by atoms with E-state index in [1.54, 1.807) is 0 Å². The zero-order valence-electron chi connectivity index (χ0n) is 13.7. The molecule has 1 atom stereocenters. The first kappa shape index (κ1) is 16.1. The summed E-state index contributed by atoms with van der Waals surface area (Å²) in [4.78, 5) is 12.1. The smallest absolute Gasteiger partial charge is 0.257 e. The standard InChI is InChI=1S/C21H21NO2/c1-16(17-8-3-2-4-9-17)14-22-21(23)15-24-20-13-7-11-18-10-5-6-12-19(18)20/h2-13,16H,14-15H2,1H3,(H,22,23)/t16-/m0/s1. The second-order valence-corrected chi connectivity index (χ2v) is 5.88. The van der Waals surface area contributed by atoms with Crippen molar-refractivity contribution in [2.24, 2.45) is 0 Å². The molecule has 24 heavy (non-hydrogen) atoms. The van der Waals surface area contributed by atoms with Gasteiger partial charge >= 0.3 is 0 Å². The Morgan fingerprint density at radius 3 is 2.50 bits per heavy atom. The molecule has 0 saturated carbocycles. The molecule has 0 aliphatic rings. The van der Waals surface area contributed by atoms with Crippen molar-refractivity contribution in [3.63, 3.8) is 0 Å². The molecule has 3 rings (SSSR count). The molecule has 3 heteroatoms. The second kappa shape index (κ2) is 7.64. The summed E-state index contributed by atoms with van der Waals surface area (Å²) in [6.45, 7) is 2.72. The number of nitrogens with one attached hydrogen (secondary N) is 1. The lowest BCUT2D eigenvalue weighted by Gasteiger charge is -2.14. The van der Waals surface area contributed by atoms with Gasteiger partial charge in [-0.2, -0.15) is 0 Å². The van der Waals surface area contributed by atoms with Crippen molar-refractivity contribution in [2.45, 2.75) is 12.8 Å². The number of carbonyl (C=O) groups is 1. The van der Waals surface area contributed by atoms with E-state index in [1.165, 1.54) is 5.56 Å². The van der Waals surface area contributed by atoms with Crippen molar-refractivity contribution in [1.82, 2.24) is 5.32 Å². The van der Waals surface area contributed by atoms with E-state index >= 15 is 0 Å². The summed E-state index contributed by atoms with van der Waals surface area (Å²) < 4.78 is 5.71. The van der Waals surface area contributed by atoms with Crippen LogP contribution >= 0.6 is 0 Å². The number of benzene rings is 3. The molecular formula is C21H21NO2. The fraction of sp³-hybridized carbons (Fsp3) is 0.190. The highest BCUT2D eigenvalue weighted by Crippen LogP contribution is 2.24. The maximum absolute atomic E-state index is 12.1. The molecule has 1 N–H and O–H groups in total. The van der Waals surface area contributed by atoms with Gasteiger partial charge in [-0.05, 0) is 22.9 Å². The summed E-state index contributed by atoms with van der Waals surface area (Å²) in [7, 11) is 0. The van der Waals surface area contributed by atoms with E-state index in [1.807, 2.05) is 60.7 Å². The molecule has 122 valence electrons. The van der Waals surface area contributed by atoms with Crippen molar-refractivity contribution in [3.05, 3.63) is 78.4 Å². The number of fused-ring (bicyclic) bond motifs is 1. The summed E-state index contributed by atoms with van der Waals surface area (Å²) in [5.74, 6) is 0.901. The van der Waals surface area contributed by atoms with Gasteiger partial charge in [0.1, 0.15) is 5.75 Å². The highest BCUT2D eigenvalue weighted by atomic mass is 16.5. The van der Waals surface area contributed by atoms with Crippen LogP contribution in [0.4, 0.5) is 0 Å². The van der Waals surface area contributed by atoms with Gasteiger partial charge in [0, 0.05) is 11.9 Å². The average molecular weight is 319 g/mol. The Morgan fingerprint density at radius 1 is 0.958 bits per heavy atom. The van der Waals surface area contributed by atoms with Gasteiger partial charge < -0.3 is 10.1 Å². The van der Waals surface area contributed by atoms with Gasteiger partial charge in [-0.3, -0.25) is 4.79 Å². The fourth-order valence-corrected chi connectivity index (χ4v) is 2.68. The van der Waals surface area contributed by atoms with E-state index in [2.05, 4.69) is 24.4 Å². The minimum Gasteiger partial charge on any atom is -0.483 e. The van der Waals surface area contributed by atoms with Crippen LogP contribution in [-0.4, -0.2) is 19.1 Å². The van der Waals surface area contributed by atoms with Crippen LogP contribution in [0.2, 0.25) is 0 Å². The van der Waals surface area contributed by atoms with E-state index in [0.29, 0.717) is 6.54 Å². The molecule has 1 amide bonds. The predicted octanol–water partition coefficient (Wildman–Crippen LogP) is 4.14. The maximum Gasteiger partial charge on any atom is 0.257 e. The van der Waals surface area contributed by atoms with Gasteiger partial charge in [0.25, 0.3) is 5.91 Å². The van der Waals surface area contributed by atoms with Crippen molar-refractivity contribution in [3.8, 4) is 5.75 Å². The number of ether oxygens (including phenoxy) is 1. The van der Waals surface area contributed by atoms with Crippen LogP contribution < -0.4 is 10.1 Å². The number of hydrogen-bond donors (Lipinski definition) is 1. The number of carbonyl (C=O) groups excluding carboxylic acids is 1. The Kier molecular flexibility index (Phi) is 5.12. The third-order valence-electron chi connectivity index (χ3n) is 4.08. The highest BCUT2D eigenvalue weighted by Gasteiger charge is 2.09. The Balaban J connectivity index is 1.54. The van der Waals surface area contributed by atoms with Crippen LogP contribution in [0.15, 0.2) is 72.8 Å². The summed E-state index contributed by atoms with van der Waals surface area (Å²) in [6, 6.07) is 24.0. The highest BCUT2D eigenvalue weighted by molar-refractivity contribution is 5.88. The number of amides is 1. The van der Waals surface area contributed by atoms with Gasteiger partial charge in [-0.25, -0.2) is 0 Å². The molecule has 0 unspecified atom stereocenters. The lowest BCUT2D eigenvalue weighted by Crippen LogP contribution is -2.31. The first-order chi connectivity index (χ1) is 11.7. The largest absolute Gasteiger partial charge is 0.483 e. The van der Waals surface area contributed by atoms with Crippen LogP contribution in [0.1, 0.15) is 18.4 Å². The van der Waals surface area contributed by atoms with Gasteiger partial charge in [0.15, 0.2) is 6.61 Å². The third-order valence-corrected chi connectivity index (χ3v) is 4.08. The zero-order valence-corrected chi connectivity index (χ0v) is 13.7. The van der Waals surface area contributed by atoms with Gasteiger partial charge in [0.2, 0.25) is 0 Å². The molecule has 0 aliphatic heterocycles. The van der Waals surface area contributed by atoms with Crippen LogP contribution in [0, 0.1) is 0 Å². The van der Waals surface area contributed by atoms with E-state index in [9.17, 15) is 4.79 Å². The Bertz CT molecular complexity index is 809. The molecule has 3 aromatic rings. The Labute approximate surface area is 142 Å². The summed E-state index contributed by atoms with van der Waals surface area (Å²) in [6.07, 6.45) is 0. The zero-order chi connectivity index (χ0) is 16.8. The minimum absolute atomic E-state index is 0.0233. The molecule has 0 spiro atoms. The van der Waals surface area contributed by atoms with E-state index < -0.39 is 0 Å². The van der Waals surface area contributed by atoms with Crippen molar-refractivity contribution >= 4 is 16.7 Å². The summed E-state index contributed by atoms with van der Waals surface area (Å²) in [5.41, 5.74) is 1.22. The summed E-state index contributed by atoms with van der Waals surface area (Å²) in [5, 5.41) is 5.06. The van der Waals surface area contributed by atoms with Crippen LogP contribution in [0.3, 0.4) is 0 Å². The van der Waals surface area contributed by atoms with E-state index in [-0.39, 0.29) is 18.4 Å². The van der Waals surface area contributed by atoms with Crippen LogP contribution in [0.25, 0.3) is 10.8 Å². The molecule has 0 heterocycles. The average Bonchev–Trinajstić information content (AvgIpc) is 2.65. The van der Waals surface area contributed by atoms with Crippen LogP contribution in [0.5, 0.6) is 5.75 Å². The molecule has 0 aromatic heterocycles. The molecular weight excluding hydrogens is 298 g/mol. The van der Waals surface area contributed by atoms with Gasteiger partial charge in [0.05, 0.1) is 0 Å². The molecule has 0 fully saturated rings. The molecule has 0 bridgehead atoms.